The molecule has 2 nitrogen and oxygen atoms in total. The molecule has 0 saturated carbocycles. The van der Waals surface area contributed by atoms with Gasteiger partial charge in [0.05, 0.1) is 11.2 Å². The first-order chi connectivity index (χ1) is 10.1. The van der Waals surface area contributed by atoms with Crippen LogP contribution in [0.15, 0.2) is 28.7 Å². The van der Waals surface area contributed by atoms with Crippen molar-refractivity contribution < 1.29 is 0 Å². The highest BCUT2D eigenvalue weighted by Crippen LogP contribution is 2.35. The fourth-order valence-corrected chi connectivity index (χ4v) is 4.58. The minimum Gasteiger partial charge on any atom is -0.306 e. The topological polar surface area (TPSA) is 24.9 Å². The molecule has 1 N–H and O–H groups in total. The third-order valence-electron chi connectivity index (χ3n) is 4.11. The third kappa shape index (κ3) is 3.22. The van der Waals surface area contributed by atoms with E-state index in [4.69, 9.17) is 4.98 Å². The lowest BCUT2D eigenvalue weighted by molar-refractivity contribution is 0.371. The van der Waals surface area contributed by atoms with Crippen LogP contribution in [0, 0.1) is 0 Å². The minimum atomic E-state index is -0.0718. The Bertz CT molecular complexity index is 599. The van der Waals surface area contributed by atoms with Gasteiger partial charge in [-0.3, -0.25) is 0 Å². The Morgan fingerprint density at radius 3 is 2.71 bits per heavy atom. The van der Waals surface area contributed by atoms with Gasteiger partial charge in [0.2, 0.25) is 0 Å². The Labute approximate surface area is 139 Å². The first kappa shape index (κ1) is 15.2. The van der Waals surface area contributed by atoms with Crippen LogP contribution in [0.5, 0.6) is 0 Å². The lowest BCUT2D eigenvalue weighted by atomic mass is 9.93. The van der Waals surface area contributed by atoms with Crippen LogP contribution >= 0.6 is 27.3 Å². The van der Waals surface area contributed by atoms with E-state index in [1.807, 2.05) is 11.3 Å². The average molecular weight is 365 g/mol. The zero-order chi connectivity index (χ0) is 14.9. The Morgan fingerprint density at radius 2 is 2.05 bits per heavy atom. The van der Waals surface area contributed by atoms with Crippen molar-refractivity contribution in [3.63, 3.8) is 0 Å². The summed E-state index contributed by atoms with van der Waals surface area (Å²) in [6.45, 7) is 5.41. The number of aromatic nitrogens is 1. The Kier molecular flexibility index (Phi) is 4.48. The summed E-state index contributed by atoms with van der Waals surface area (Å²) >= 11 is 5.41. The molecule has 1 aliphatic carbocycles. The van der Waals surface area contributed by atoms with E-state index in [9.17, 15) is 0 Å². The van der Waals surface area contributed by atoms with Crippen LogP contribution in [0.2, 0.25) is 0 Å². The summed E-state index contributed by atoms with van der Waals surface area (Å²) < 4.78 is 1.13. The van der Waals surface area contributed by atoms with Crippen LogP contribution in [-0.2, 0) is 24.8 Å². The summed E-state index contributed by atoms with van der Waals surface area (Å²) in [7, 11) is 0. The maximum Gasteiger partial charge on any atom is 0.113 e. The highest BCUT2D eigenvalue weighted by molar-refractivity contribution is 9.10. The predicted molar refractivity (Wildman–Crippen MR) is 93.0 cm³/mol. The molecule has 2 aromatic rings. The predicted octanol–water partition coefficient (Wildman–Crippen LogP) is 4.46. The molecule has 0 aliphatic heterocycles. The Morgan fingerprint density at radius 1 is 1.29 bits per heavy atom. The van der Waals surface area contributed by atoms with Crippen molar-refractivity contribution in [1.29, 1.82) is 0 Å². The summed E-state index contributed by atoms with van der Waals surface area (Å²) in [6.07, 6.45) is 4.62. The third-order valence-corrected chi connectivity index (χ3v) is 6.06. The van der Waals surface area contributed by atoms with Gasteiger partial charge in [-0.15, -0.1) is 11.3 Å². The zero-order valence-electron chi connectivity index (χ0n) is 12.6. The Hall–Kier alpha value is -0.710. The number of hydrogen-bond donors (Lipinski definition) is 1. The molecule has 0 spiro atoms. The van der Waals surface area contributed by atoms with Crippen molar-refractivity contribution in [2.24, 2.45) is 0 Å². The van der Waals surface area contributed by atoms with E-state index in [1.54, 1.807) is 0 Å². The van der Waals surface area contributed by atoms with Crippen molar-refractivity contribution in [3.05, 3.63) is 49.9 Å². The number of aryl methyl sites for hydroxylation is 2. The summed E-state index contributed by atoms with van der Waals surface area (Å²) in [5, 5.41) is 4.91. The zero-order valence-corrected chi connectivity index (χ0v) is 15.0. The molecule has 0 bridgehead atoms. The highest BCUT2D eigenvalue weighted by atomic mass is 79.9. The number of halogens is 1. The largest absolute Gasteiger partial charge is 0.306 e. The maximum absolute atomic E-state index is 4.94. The van der Waals surface area contributed by atoms with Crippen LogP contribution in [0.25, 0.3) is 0 Å². The maximum atomic E-state index is 4.94. The lowest BCUT2D eigenvalue weighted by Crippen LogP contribution is -2.41. The molecule has 1 heterocycles. The number of nitrogens with zero attached hydrogens (tertiary/aromatic N) is 1. The van der Waals surface area contributed by atoms with Crippen LogP contribution in [-0.4, -0.2) is 11.5 Å². The molecule has 1 aromatic carbocycles. The van der Waals surface area contributed by atoms with E-state index in [-0.39, 0.29) is 5.54 Å². The molecule has 21 heavy (non-hydrogen) atoms. The molecule has 1 atom stereocenters. The van der Waals surface area contributed by atoms with Crippen molar-refractivity contribution in [2.75, 3.05) is 6.54 Å². The monoisotopic (exact) mass is 364 g/mol. The van der Waals surface area contributed by atoms with Crippen LogP contribution in [0.3, 0.4) is 0 Å². The van der Waals surface area contributed by atoms with Gasteiger partial charge in [-0.2, -0.15) is 0 Å². The van der Waals surface area contributed by atoms with Crippen molar-refractivity contribution in [3.8, 4) is 0 Å². The molecule has 1 unspecified atom stereocenters. The van der Waals surface area contributed by atoms with Gasteiger partial charge in [0.15, 0.2) is 0 Å². The number of likely N-dealkylation sites (N-methyl/N-ethyl adjacent to an activating group) is 1. The first-order valence-corrected chi connectivity index (χ1v) is 9.20. The molecule has 1 aliphatic rings. The van der Waals surface area contributed by atoms with Gasteiger partial charge in [0.25, 0.3) is 0 Å². The van der Waals surface area contributed by atoms with Crippen molar-refractivity contribution in [1.82, 2.24) is 10.3 Å². The molecular weight excluding hydrogens is 344 g/mol. The number of hydrogen-bond acceptors (Lipinski definition) is 3. The second-order valence-corrected chi connectivity index (χ2v) is 7.91. The molecule has 0 amide bonds. The number of thiazole rings is 1. The van der Waals surface area contributed by atoms with E-state index in [2.05, 4.69) is 59.4 Å². The second-order valence-electron chi connectivity index (χ2n) is 5.91. The van der Waals surface area contributed by atoms with E-state index in [1.165, 1.54) is 34.0 Å². The number of fused-ring (bicyclic) bond motifs is 1. The summed E-state index contributed by atoms with van der Waals surface area (Å²) in [5.41, 5.74) is 2.62. The SMILES string of the molecule is CCNC(C)(Cc1ccc(Br)cc1)c1nc2c(s1)CCC2. The van der Waals surface area contributed by atoms with E-state index >= 15 is 0 Å². The van der Waals surface area contributed by atoms with Gasteiger partial charge < -0.3 is 5.32 Å². The molecule has 0 radical (unpaired) electrons. The normalized spacial score (nSPS) is 16.7. The van der Waals surface area contributed by atoms with Gasteiger partial charge in [0.1, 0.15) is 5.01 Å². The molecule has 112 valence electrons. The molecular formula is C17H21BrN2S. The van der Waals surface area contributed by atoms with Gasteiger partial charge >= 0.3 is 0 Å². The number of rotatable bonds is 5. The molecule has 3 rings (SSSR count). The van der Waals surface area contributed by atoms with E-state index < -0.39 is 0 Å². The molecule has 1 aromatic heterocycles. The van der Waals surface area contributed by atoms with Gasteiger partial charge in [-0.1, -0.05) is 35.0 Å². The van der Waals surface area contributed by atoms with E-state index in [0.29, 0.717) is 0 Å². The standard InChI is InChI=1S/C17H21BrN2S/c1-3-19-17(2,11-12-7-9-13(18)10-8-12)16-20-14-5-4-6-15(14)21-16/h7-10,19H,3-6,11H2,1-2H3. The van der Waals surface area contributed by atoms with Crippen molar-refractivity contribution in [2.45, 2.75) is 45.1 Å². The fraction of sp³-hybridized carbons (Fsp3) is 0.471. The van der Waals surface area contributed by atoms with E-state index in [0.717, 1.165) is 23.9 Å². The van der Waals surface area contributed by atoms with Gasteiger partial charge in [-0.05, 0) is 56.8 Å². The smallest absolute Gasteiger partial charge is 0.113 e. The molecule has 0 fully saturated rings. The molecule has 4 heteroatoms. The van der Waals surface area contributed by atoms with Crippen molar-refractivity contribution >= 4 is 27.3 Å². The van der Waals surface area contributed by atoms with Crippen LogP contribution < -0.4 is 5.32 Å². The Balaban J connectivity index is 1.88. The fourth-order valence-electron chi connectivity index (χ4n) is 3.04. The minimum absolute atomic E-state index is 0.0718. The number of benzene rings is 1. The lowest BCUT2D eigenvalue weighted by Gasteiger charge is -2.29. The highest BCUT2D eigenvalue weighted by Gasteiger charge is 2.31. The first-order valence-electron chi connectivity index (χ1n) is 7.59. The average Bonchev–Trinajstić information content (AvgIpc) is 3.03. The van der Waals surface area contributed by atoms with Gasteiger partial charge in [0, 0.05) is 9.35 Å². The van der Waals surface area contributed by atoms with Crippen LogP contribution in [0.4, 0.5) is 0 Å². The molecule has 0 saturated heterocycles. The van der Waals surface area contributed by atoms with Crippen LogP contribution in [0.1, 0.15) is 41.4 Å². The quantitative estimate of drug-likeness (QED) is 0.846. The summed E-state index contributed by atoms with van der Waals surface area (Å²) in [5.74, 6) is 0. The van der Waals surface area contributed by atoms with Gasteiger partial charge in [-0.25, -0.2) is 4.98 Å². The summed E-state index contributed by atoms with van der Waals surface area (Å²) in [6, 6.07) is 8.62. The number of nitrogens with one attached hydrogen (secondary N) is 1. The second kappa shape index (κ2) is 6.19. The summed E-state index contributed by atoms with van der Waals surface area (Å²) in [4.78, 5) is 6.45.